The number of carbonyl (C=O) groups excluding carboxylic acids is 11. The second-order valence-corrected chi connectivity index (χ2v) is 57.7. The summed E-state index contributed by atoms with van der Waals surface area (Å²) in [4.78, 5) is 161. The van der Waals surface area contributed by atoms with Gasteiger partial charge in [-0.1, -0.05) is 160 Å². The van der Waals surface area contributed by atoms with Crippen molar-refractivity contribution in [1.29, 1.82) is 0 Å². The van der Waals surface area contributed by atoms with Crippen LogP contribution in [0, 0.1) is 45.3 Å². The van der Waals surface area contributed by atoms with E-state index in [-0.39, 0.29) is 121 Å². The van der Waals surface area contributed by atoms with Crippen LogP contribution in [0.15, 0.2) is 160 Å². The van der Waals surface area contributed by atoms with Gasteiger partial charge in [-0.3, -0.25) is 33.6 Å². The molecule has 2 aliphatic heterocycles. The Hall–Kier alpha value is -9.42. The smallest absolute Gasteiger partial charge is 0.341 e. The predicted octanol–water partition coefficient (Wildman–Crippen LogP) is 18.0. The molecule has 6 aromatic rings. The largest absolute Gasteiger partial charge is 0.472 e. The molecule has 2 saturated heterocycles. The van der Waals surface area contributed by atoms with E-state index in [0.29, 0.717) is 12.0 Å². The highest BCUT2D eigenvalue weighted by atomic mass is 33.1. The van der Waals surface area contributed by atoms with E-state index in [1.807, 2.05) is 117 Å². The first kappa shape index (κ1) is 110. The van der Waals surface area contributed by atoms with E-state index in [2.05, 4.69) is 10.6 Å². The maximum Gasteiger partial charge on any atom is 0.341 e. The van der Waals surface area contributed by atoms with Crippen LogP contribution in [0.4, 0.5) is 0 Å². The molecule has 4 bridgehead atoms. The molecule has 6 fully saturated rings. The summed E-state index contributed by atoms with van der Waals surface area (Å²) >= 11 is 0. The molecule has 0 radical (unpaired) electrons. The zero-order valence-corrected chi connectivity index (χ0v) is 90.0. The summed E-state index contributed by atoms with van der Waals surface area (Å²) in [6.45, 7) is 47.5. The summed E-state index contributed by atoms with van der Waals surface area (Å²) in [6, 6.07) is 12.8. The number of amides is 2. The van der Waals surface area contributed by atoms with Gasteiger partial charge in [-0.2, -0.15) is 0 Å². The van der Waals surface area contributed by atoms with Gasteiger partial charge >= 0.3 is 41.8 Å². The number of carbonyl (C=O) groups is 11. The van der Waals surface area contributed by atoms with Crippen molar-refractivity contribution in [1.82, 2.24) is 10.6 Å². The number of ether oxygens (including phenoxy) is 9. The van der Waals surface area contributed by atoms with Crippen molar-refractivity contribution >= 4 is 103 Å². The highest BCUT2D eigenvalue weighted by molar-refractivity contribution is 8.76. The first-order valence-corrected chi connectivity index (χ1v) is 55.9. The van der Waals surface area contributed by atoms with Crippen molar-refractivity contribution in [3.8, 4) is 0 Å². The first-order valence-electron chi connectivity index (χ1n) is 49.1. The Kier molecular flexibility index (Phi) is 32.1. The normalized spacial score (nSPS) is 30.2. The molecule has 8 aliphatic rings. The third-order valence-electron chi connectivity index (χ3n) is 33.2. The number of ketones is 2. The van der Waals surface area contributed by atoms with Gasteiger partial charge in [-0.05, 0) is 181 Å². The monoisotopic (exact) mass is 2050 g/mol. The van der Waals surface area contributed by atoms with Crippen molar-refractivity contribution in [2.24, 2.45) is 45.3 Å². The van der Waals surface area contributed by atoms with Crippen LogP contribution in [0.2, 0.25) is 33.2 Å². The summed E-state index contributed by atoms with van der Waals surface area (Å²) in [5.74, 6) is -11.8. The highest BCUT2D eigenvalue weighted by Gasteiger charge is 2.80. The van der Waals surface area contributed by atoms with Crippen molar-refractivity contribution < 1.29 is 146 Å². The van der Waals surface area contributed by atoms with E-state index in [1.165, 1.54) is 88.2 Å². The number of fused-ring (bicyclic) bond motifs is 10. The fourth-order valence-corrected chi connectivity index (χ4v) is 38.9. The standard InChI is InChI=1S/C56H77NO16S2Si.C49H65NO15Si/c1-30(2)76(31(3)4,32(5)6)73-45(43(37-18-16-23-66-37)57-49(61)38-19-17-24-67-38)51(63)69-39-27-56(64)48(71-50(62)36-21-25-65-28-36)46-54(14,33(7)26-40-55(46,29-68-40)72-35(9)58)47(60)44(42(34(39)8)53(56,12)13)70-41(59)20-22-52(10,11)75-74-15;1-25(2)66(26(3)4,27(5)6)65-39(37(32-15-13-18-59-32)50-43(54)33-16-14-19-60-33)45(56)62-34-22-49(57)42(63-44(55)31-17-20-58-23-31)40-47(12,41(53)38(52)36(29(34)8)46(49,10)11)28(7)21-35-48(40,24-61-35)64-30(9)51/h16-19,21,23-25,28,30-33,39-40,43-46,48,64H,20,22,26-27,29H2,1-15H3,(H,57,61);13-20,23,25-28,34-35,37-40,42,52,57H,21-22,24H2,1-12H3,(H,50,54)/t33-,39-,40+,43-,44+,45+,46-,48-,54+,55-,56+;28-,34-,35+,37-,38+,39+,40-,42-,47+,48-,49+/m00/s1. The lowest BCUT2D eigenvalue weighted by molar-refractivity contribution is -0.340. The number of esters is 7. The van der Waals surface area contributed by atoms with Crippen LogP contribution in [0.3, 0.4) is 0 Å². The third kappa shape index (κ3) is 19.1. The van der Waals surface area contributed by atoms with Crippen LogP contribution in [0.1, 0.15) is 284 Å². The molecule has 142 heavy (non-hydrogen) atoms. The van der Waals surface area contributed by atoms with Gasteiger partial charge in [-0.25, -0.2) is 19.2 Å². The lowest BCUT2D eigenvalue weighted by atomic mass is 9.43. The van der Waals surface area contributed by atoms with Crippen molar-refractivity contribution in [2.75, 3.05) is 19.5 Å². The maximum atomic E-state index is 16.4. The van der Waals surface area contributed by atoms with E-state index in [9.17, 15) is 48.9 Å². The van der Waals surface area contributed by atoms with E-state index in [1.54, 1.807) is 113 Å². The summed E-state index contributed by atoms with van der Waals surface area (Å²) in [6.07, 6.45) is -2.12. The molecule has 4 saturated carbocycles. The molecule has 2 amide bonds. The second-order valence-electron chi connectivity index (χ2n) is 43.8. The Morgan fingerprint density at radius 2 is 0.887 bits per heavy atom. The van der Waals surface area contributed by atoms with Crippen LogP contribution in [-0.2, 0) is 85.0 Å². The Morgan fingerprint density at radius 3 is 1.22 bits per heavy atom. The topological polar surface area (TPSA) is 453 Å². The molecule has 22 atom stereocenters. The van der Waals surface area contributed by atoms with Crippen LogP contribution in [0.5, 0.6) is 0 Å². The van der Waals surface area contributed by atoms with Crippen LogP contribution in [0.25, 0.3) is 0 Å². The first-order chi connectivity index (χ1) is 66.4. The number of rotatable bonds is 34. The average molecular weight is 2050 g/mol. The van der Waals surface area contributed by atoms with Crippen molar-refractivity contribution in [2.45, 2.75) is 352 Å². The van der Waals surface area contributed by atoms with E-state index in [0.717, 1.165) is 0 Å². The van der Waals surface area contributed by atoms with Gasteiger partial charge in [0.05, 0.1) is 73.8 Å². The third-order valence-corrected chi connectivity index (χ3v) is 48.0. The van der Waals surface area contributed by atoms with Gasteiger partial charge in [0.15, 0.2) is 52.6 Å². The molecule has 6 aromatic heterocycles. The highest BCUT2D eigenvalue weighted by Crippen LogP contribution is 2.69. The Labute approximate surface area is 839 Å². The number of aliphatic hydroxyl groups excluding tert-OH is 1. The van der Waals surface area contributed by atoms with E-state index < -0.39 is 236 Å². The Balaban J connectivity index is 0.000000241. The number of hydrogen-bond donors (Lipinski definition) is 5. The number of nitrogens with one attached hydrogen (secondary N) is 2. The molecule has 0 spiro atoms. The zero-order valence-electron chi connectivity index (χ0n) is 86.3. The summed E-state index contributed by atoms with van der Waals surface area (Å²) in [5.41, 5.74) is -13.8. The predicted molar refractivity (Wildman–Crippen MR) is 524 cm³/mol. The van der Waals surface area contributed by atoms with Crippen LogP contribution >= 0.6 is 21.6 Å². The molecule has 5 N–H and O–H groups in total. The van der Waals surface area contributed by atoms with Crippen LogP contribution in [-0.4, -0.2) is 205 Å². The molecule has 0 unspecified atom stereocenters. The van der Waals surface area contributed by atoms with Gasteiger partial charge in [0, 0.05) is 59.5 Å². The Bertz CT molecular complexity index is 5580. The lowest BCUT2D eigenvalue weighted by Gasteiger charge is -2.68. The molecule has 33 nitrogen and oxygen atoms in total. The molecule has 778 valence electrons. The van der Waals surface area contributed by atoms with Gasteiger partial charge in [0.2, 0.25) is 16.6 Å². The average Bonchev–Trinajstić information content (AvgIpc) is 0.819. The van der Waals surface area contributed by atoms with Gasteiger partial charge in [0.1, 0.15) is 90.1 Å². The maximum absolute atomic E-state index is 16.4. The van der Waals surface area contributed by atoms with Crippen molar-refractivity contribution in [3.63, 3.8) is 0 Å². The van der Waals surface area contributed by atoms with Gasteiger partial charge < -0.3 is 104 Å². The number of Topliss-reactive ketones (excluding diaryl/α,β-unsaturated/α-hetero) is 2. The number of furan rings is 6. The minimum atomic E-state index is -3.09. The molecule has 8 heterocycles. The zero-order chi connectivity index (χ0) is 105. The van der Waals surface area contributed by atoms with Crippen molar-refractivity contribution in [3.05, 3.63) is 167 Å². The quantitative estimate of drug-likeness (QED) is 0.00823. The number of hydrogen-bond acceptors (Lipinski definition) is 33. The molecular formula is C105H142N2O31S2Si2. The molecule has 37 heteroatoms. The molecule has 14 rings (SSSR count). The van der Waals surface area contributed by atoms with E-state index in [4.69, 9.17) is 78.0 Å². The molecule has 6 aliphatic carbocycles. The number of aliphatic hydroxyl groups is 3. The fourth-order valence-electron chi connectivity index (χ4n) is 25.6. The summed E-state index contributed by atoms with van der Waals surface area (Å²) in [7, 11) is -2.95. The van der Waals surface area contributed by atoms with Crippen LogP contribution < -0.4 is 10.6 Å². The van der Waals surface area contributed by atoms with Gasteiger partial charge in [-0.15, -0.1) is 0 Å². The minimum absolute atomic E-state index is 0.00272. The van der Waals surface area contributed by atoms with E-state index >= 15 is 19.2 Å². The summed E-state index contributed by atoms with van der Waals surface area (Å²) in [5, 5.41) is 46.6. The minimum Gasteiger partial charge on any atom is -0.472 e. The second kappa shape index (κ2) is 41.5. The summed E-state index contributed by atoms with van der Waals surface area (Å²) < 4.78 is 105. The Morgan fingerprint density at radius 1 is 0.514 bits per heavy atom. The SMILES string of the molecule is CC(=O)O[C@@]12CO[C@@H]1C[C@H](C)[C@@]1(C)C(=O)[C@H](O)C3=C(C)[C@@H](OC(=O)[C@H](O[Si](C(C)C)(C(C)C)C(C)C)[C@@H](NC(=O)c4ccco4)c4ccco4)C[C@@](O)([C@@H](OC(=O)c4ccoc4)[C@H]21)C3(C)C.CSSC(C)(C)CCC(=O)O[C@H]1C(=O)[C@@]2(C)[C@H]([C@H](OC(=O)c3ccoc3)[C@]3(O)C[C@H](OC(=O)[C@H](O[Si](C(C)C)(C(C)C)C(C)C)[C@@H](NC(=O)c4ccco4)c4ccco4)C(C)=C1C3(C)C)[C@]1(OC(C)=O)CO[C@@H]1C[C@@H]2C. The fraction of sp³-hybridized carbons (Fsp3) is 0.629. The van der Waals surface area contributed by atoms with Gasteiger partial charge in [0.25, 0.3) is 11.8 Å². The molecular weight excluding hydrogens is 1910 g/mol. The lowest BCUT2D eigenvalue weighted by Crippen LogP contribution is -2.81. The molecule has 0 aromatic carbocycles.